The lowest BCUT2D eigenvalue weighted by atomic mass is 9.92. The van der Waals surface area contributed by atoms with Crippen LogP contribution in [-0.2, 0) is 16.6 Å². The molecule has 1 fully saturated rings. The van der Waals surface area contributed by atoms with Crippen molar-refractivity contribution in [2.24, 2.45) is 0 Å². The highest BCUT2D eigenvalue weighted by molar-refractivity contribution is 6.14. The molecule has 154 valence electrons. The Morgan fingerprint density at radius 1 is 1.03 bits per heavy atom. The maximum absolute atomic E-state index is 12.8. The van der Waals surface area contributed by atoms with E-state index >= 15 is 0 Å². The molecule has 5 rings (SSSR count). The molecule has 0 bridgehead atoms. The van der Waals surface area contributed by atoms with Crippen molar-refractivity contribution in [2.75, 3.05) is 32.6 Å². The van der Waals surface area contributed by atoms with Crippen LogP contribution >= 0.6 is 0 Å². The molecule has 6 nitrogen and oxygen atoms in total. The summed E-state index contributed by atoms with van der Waals surface area (Å²) < 4.78 is 0. The summed E-state index contributed by atoms with van der Waals surface area (Å²) in [6, 6.07) is 6.26. The number of unbranched alkanes of at least 4 members (excludes halogenated alkanes) is 1. The van der Waals surface area contributed by atoms with Gasteiger partial charge in [0.25, 0.3) is 0 Å². The molecular formula is C24H27N5O. The quantitative estimate of drug-likeness (QED) is 0.591. The third-order valence-electron chi connectivity index (χ3n) is 6.45. The van der Waals surface area contributed by atoms with Crippen molar-refractivity contribution in [3.05, 3.63) is 48.2 Å². The van der Waals surface area contributed by atoms with Crippen LogP contribution in [0.5, 0.6) is 0 Å². The van der Waals surface area contributed by atoms with E-state index in [0.29, 0.717) is 0 Å². The number of rotatable bonds is 6. The highest BCUT2D eigenvalue weighted by Crippen LogP contribution is 2.58. The third kappa shape index (κ3) is 3.06. The lowest BCUT2D eigenvalue weighted by Crippen LogP contribution is -2.28. The average Bonchev–Trinajstić information content (AvgIpc) is 3.53. The molecule has 1 spiro atoms. The van der Waals surface area contributed by atoms with Crippen LogP contribution in [0, 0.1) is 0 Å². The smallest absolute Gasteiger partial charge is 0.237 e. The number of benzene rings is 1. The summed E-state index contributed by atoms with van der Waals surface area (Å²) in [7, 11) is 6.05. The van der Waals surface area contributed by atoms with Crippen molar-refractivity contribution in [3.63, 3.8) is 0 Å². The maximum Gasteiger partial charge on any atom is 0.237 e. The van der Waals surface area contributed by atoms with Crippen molar-refractivity contribution in [3.8, 4) is 11.1 Å². The molecule has 0 atom stereocenters. The predicted molar refractivity (Wildman–Crippen MR) is 119 cm³/mol. The minimum atomic E-state index is -0.323. The van der Waals surface area contributed by atoms with Crippen molar-refractivity contribution in [1.82, 2.24) is 19.9 Å². The minimum absolute atomic E-state index is 0.208. The highest BCUT2D eigenvalue weighted by Gasteiger charge is 2.59. The number of pyridine rings is 1. The molecular weight excluding hydrogens is 374 g/mol. The Balaban J connectivity index is 1.44. The molecule has 2 aliphatic rings. The van der Waals surface area contributed by atoms with E-state index < -0.39 is 0 Å². The molecule has 1 aliphatic carbocycles. The van der Waals surface area contributed by atoms with Crippen molar-refractivity contribution >= 4 is 22.5 Å². The molecule has 3 aromatic rings. The van der Waals surface area contributed by atoms with Gasteiger partial charge in [-0.1, -0.05) is 6.07 Å². The molecule has 0 saturated heterocycles. The van der Waals surface area contributed by atoms with Gasteiger partial charge in [0, 0.05) is 42.4 Å². The Morgan fingerprint density at radius 2 is 1.80 bits per heavy atom. The monoisotopic (exact) mass is 401 g/mol. The number of carbonyl (C=O) groups excluding carboxylic acids is 1. The number of fused-ring (bicyclic) bond motifs is 4. The van der Waals surface area contributed by atoms with E-state index in [4.69, 9.17) is 0 Å². The molecule has 1 amide bonds. The van der Waals surface area contributed by atoms with Crippen LogP contribution in [0.4, 0.5) is 5.69 Å². The summed E-state index contributed by atoms with van der Waals surface area (Å²) in [5.74, 6) is 1.10. The summed E-state index contributed by atoms with van der Waals surface area (Å²) in [5.41, 5.74) is 4.78. The molecule has 1 saturated carbocycles. The van der Waals surface area contributed by atoms with Gasteiger partial charge in [-0.25, -0.2) is 9.97 Å². The maximum atomic E-state index is 12.8. The number of aryl methyl sites for hydroxylation is 1. The fourth-order valence-electron chi connectivity index (χ4n) is 4.59. The van der Waals surface area contributed by atoms with Gasteiger partial charge in [0.1, 0.15) is 5.82 Å². The zero-order chi connectivity index (χ0) is 20.9. The van der Waals surface area contributed by atoms with Crippen LogP contribution < -0.4 is 4.90 Å². The zero-order valence-electron chi connectivity index (χ0n) is 17.9. The molecule has 1 aliphatic heterocycles. The Morgan fingerprint density at radius 3 is 2.50 bits per heavy atom. The van der Waals surface area contributed by atoms with Gasteiger partial charge in [-0.15, -0.1) is 0 Å². The first kappa shape index (κ1) is 19.1. The molecule has 0 radical (unpaired) electrons. The number of aromatic nitrogens is 3. The normalized spacial score (nSPS) is 16.7. The van der Waals surface area contributed by atoms with Crippen LogP contribution in [0.3, 0.4) is 0 Å². The fraction of sp³-hybridized carbons (Fsp3) is 0.417. The van der Waals surface area contributed by atoms with Gasteiger partial charge < -0.3 is 9.80 Å². The topological polar surface area (TPSA) is 62.2 Å². The summed E-state index contributed by atoms with van der Waals surface area (Å²) in [6.07, 6.45) is 10.7. The highest BCUT2D eigenvalue weighted by atomic mass is 16.2. The third-order valence-corrected chi connectivity index (χ3v) is 6.45. The van der Waals surface area contributed by atoms with Gasteiger partial charge in [-0.3, -0.25) is 9.78 Å². The summed E-state index contributed by atoms with van der Waals surface area (Å²) in [4.78, 5) is 30.6. The van der Waals surface area contributed by atoms with Gasteiger partial charge in [0.05, 0.1) is 22.8 Å². The van der Waals surface area contributed by atoms with Crippen molar-refractivity contribution < 1.29 is 4.79 Å². The van der Waals surface area contributed by atoms with Gasteiger partial charge in [0.15, 0.2) is 0 Å². The van der Waals surface area contributed by atoms with Crippen molar-refractivity contribution in [2.45, 2.75) is 37.5 Å². The Labute approximate surface area is 177 Å². The minimum Gasteiger partial charge on any atom is -0.313 e. The SMILES string of the molecule is CN(C)CCCCc1ncc(-c2ccc3ncc4c(c3c2)C2(CC2)C(=O)N4C)cn1. The standard InChI is InChI=1S/C24H27N5O/c1-28(2)11-5-4-6-21-26-13-17(14-27-21)16-7-8-19-18(12-16)22-20(15-25-19)29(3)23(30)24(22)9-10-24/h7-8,12-15H,4-6,9-11H2,1-3H3. The first-order valence-electron chi connectivity index (χ1n) is 10.7. The Hall–Kier alpha value is -2.86. The number of hydrogen-bond acceptors (Lipinski definition) is 5. The van der Waals surface area contributed by atoms with Crippen LogP contribution in [0.15, 0.2) is 36.8 Å². The molecule has 30 heavy (non-hydrogen) atoms. The van der Waals surface area contributed by atoms with Crippen LogP contribution in [0.25, 0.3) is 22.0 Å². The molecule has 0 unspecified atom stereocenters. The number of hydrogen-bond donors (Lipinski definition) is 0. The number of anilines is 1. The molecule has 2 aromatic heterocycles. The summed E-state index contributed by atoms with van der Waals surface area (Å²) in [5, 5.41) is 1.08. The summed E-state index contributed by atoms with van der Waals surface area (Å²) in [6.45, 7) is 1.09. The Kier molecular flexibility index (Phi) is 4.54. The zero-order valence-corrected chi connectivity index (χ0v) is 17.9. The average molecular weight is 402 g/mol. The van der Waals surface area contributed by atoms with E-state index in [0.717, 1.165) is 77.8 Å². The largest absolute Gasteiger partial charge is 0.313 e. The second kappa shape index (κ2) is 7.13. The van der Waals surface area contributed by atoms with E-state index in [1.54, 1.807) is 4.90 Å². The second-order valence-corrected chi connectivity index (χ2v) is 8.84. The first-order valence-corrected chi connectivity index (χ1v) is 10.7. The molecule has 0 N–H and O–H groups in total. The van der Waals surface area contributed by atoms with Gasteiger partial charge in [0.2, 0.25) is 5.91 Å². The molecule has 6 heteroatoms. The summed E-state index contributed by atoms with van der Waals surface area (Å²) >= 11 is 0. The van der Waals surface area contributed by atoms with Gasteiger partial charge in [-0.2, -0.15) is 0 Å². The van der Waals surface area contributed by atoms with Gasteiger partial charge in [-0.05, 0) is 64.0 Å². The number of likely N-dealkylation sites (N-methyl/N-ethyl adjacent to an activating group) is 1. The van der Waals surface area contributed by atoms with E-state index in [1.807, 2.05) is 31.7 Å². The van der Waals surface area contributed by atoms with Crippen LogP contribution in [-0.4, -0.2) is 53.4 Å². The van der Waals surface area contributed by atoms with E-state index in [1.165, 1.54) is 0 Å². The van der Waals surface area contributed by atoms with E-state index in [-0.39, 0.29) is 11.3 Å². The van der Waals surface area contributed by atoms with Gasteiger partial charge >= 0.3 is 0 Å². The van der Waals surface area contributed by atoms with Crippen LogP contribution in [0.2, 0.25) is 0 Å². The van der Waals surface area contributed by atoms with Crippen LogP contribution in [0.1, 0.15) is 37.1 Å². The number of nitrogens with zero attached hydrogens (tertiary/aromatic N) is 5. The Bertz CT molecular complexity index is 1120. The first-order chi connectivity index (χ1) is 14.5. The van der Waals surface area contributed by atoms with Crippen molar-refractivity contribution in [1.29, 1.82) is 0 Å². The number of amides is 1. The second-order valence-electron chi connectivity index (χ2n) is 8.84. The number of carbonyl (C=O) groups is 1. The van der Waals surface area contributed by atoms with E-state index in [2.05, 4.69) is 46.1 Å². The lowest BCUT2D eigenvalue weighted by Gasteiger charge is -2.11. The van der Waals surface area contributed by atoms with E-state index in [9.17, 15) is 4.79 Å². The molecule has 3 heterocycles. The lowest BCUT2D eigenvalue weighted by molar-refractivity contribution is -0.119. The molecule has 1 aromatic carbocycles. The predicted octanol–water partition coefficient (Wildman–Crippen LogP) is 3.58. The fourth-order valence-corrected chi connectivity index (χ4v) is 4.59.